The van der Waals surface area contributed by atoms with Crippen LogP contribution in [0.4, 0.5) is 5.69 Å². The van der Waals surface area contributed by atoms with Crippen molar-refractivity contribution in [3.63, 3.8) is 0 Å². The molecule has 2 amide bonds. The highest BCUT2D eigenvalue weighted by atomic mass is 16.5. The SMILES string of the molecule is CCN(O)C(=O)C(NC(=O)C=Cc1ccccc1)Nc1ccc(OCCCC(=O)O)cc1. The molecule has 0 spiro atoms. The highest BCUT2D eigenvalue weighted by Gasteiger charge is 2.24. The third-order valence-electron chi connectivity index (χ3n) is 4.28. The van der Waals surface area contributed by atoms with Gasteiger partial charge in [-0.05, 0) is 49.2 Å². The molecule has 2 aromatic rings. The topological polar surface area (TPSA) is 128 Å². The smallest absolute Gasteiger partial charge is 0.303 e. The van der Waals surface area contributed by atoms with Crippen LogP contribution >= 0.6 is 0 Å². The predicted octanol–water partition coefficient (Wildman–Crippen LogP) is 2.74. The molecule has 1 unspecified atom stereocenters. The van der Waals surface area contributed by atoms with Crippen LogP contribution in [0.15, 0.2) is 60.7 Å². The van der Waals surface area contributed by atoms with Gasteiger partial charge in [0.15, 0.2) is 6.17 Å². The molecule has 2 rings (SSSR count). The van der Waals surface area contributed by atoms with Gasteiger partial charge >= 0.3 is 5.97 Å². The maximum Gasteiger partial charge on any atom is 0.303 e. The van der Waals surface area contributed by atoms with Crippen LogP contribution in [-0.2, 0) is 14.4 Å². The van der Waals surface area contributed by atoms with Gasteiger partial charge in [0.1, 0.15) is 5.75 Å². The summed E-state index contributed by atoms with van der Waals surface area (Å²) in [7, 11) is 0. The number of carboxylic acid groups (broad SMARTS) is 1. The van der Waals surface area contributed by atoms with Crippen LogP contribution < -0.4 is 15.4 Å². The Morgan fingerprint density at radius 3 is 2.41 bits per heavy atom. The number of benzene rings is 2. The first kappa shape index (κ1) is 24.4. The number of carbonyl (C=O) groups is 3. The number of hydrogen-bond donors (Lipinski definition) is 4. The van der Waals surface area contributed by atoms with Crippen LogP contribution in [0, 0.1) is 0 Å². The summed E-state index contributed by atoms with van der Waals surface area (Å²) in [5.74, 6) is -1.57. The molecule has 0 saturated carbocycles. The summed E-state index contributed by atoms with van der Waals surface area (Å²) in [5, 5.41) is 24.4. The Kier molecular flexibility index (Phi) is 9.73. The molecule has 9 heteroatoms. The van der Waals surface area contributed by atoms with Gasteiger partial charge < -0.3 is 20.5 Å². The zero-order valence-corrected chi connectivity index (χ0v) is 17.7. The van der Waals surface area contributed by atoms with Gasteiger partial charge in [0.25, 0.3) is 5.91 Å². The Morgan fingerprint density at radius 1 is 1.09 bits per heavy atom. The summed E-state index contributed by atoms with van der Waals surface area (Å²) in [6.07, 6.45) is 2.13. The van der Waals surface area contributed by atoms with Crippen molar-refractivity contribution in [3.05, 3.63) is 66.2 Å². The van der Waals surface area contributed by atoms with Crippen molar-refractivity contribution >= 4 is 29.5 Å². The van der Waals surface area contributed by atoms with Crippen molar-refractivity contribution in [2.45, 2.75) is 25.9 Å². The maximum absolute atomic E-state index is 12.5. The second kappa shape index (κ2) is 12.8. The molecule has 0 aliphatic heterocycles. The van der Waals surface area contributed by atoms with Crippen LogP contribution in [0.1, 0.15) is 25.3 Å². The first-order chi connectivity index (χ1) is 15.4. The van der Waals surface area contributed by atoms with E-state index in [-0.39, 0.29) is 19.6 Å². The molecule has 0 bridgehead atoms. The molecular weight excluding hydrogens is 414 g/mol. The molecule has 0 heterocycles. The van der Waals surface area contributed by atoms with Crippen LogP contribution in [-0.4, -0.2) is 52.5 Å². The molecule has 0 fully saturated rings. The Hall–Kier alpha value is -3.85. The van der Waals surface area contributed by atoms with E-state index in [9.17, 15) is 19.6 Å². The fraction of sp³-hybridized carbons (Fsp3) is 0.261. The van der Waals surface area contributed by atoms with Gasteiger partial charge in [0.2, 0.25) is 5.91 Å². The molecule has 32 heavy (non-hydrogen) atoms. The van der Waals surface area contributed by atoms with Crippen LogP contribution in [0.2, 0.25) is 0 Å². The molecule has 0 saturated heterocycles. The van der Waals surface area contributed by atoms with Crippen molar-refractivity contribution in [2.75, 3.05) is 18.5 Å². The number of ether oxygens (including phenoxy) is 1. The van der Waals surface area contributed by atoms with Gasteiger partial charge in [-0.25, -0.2) is 5.06 Å². The van der Waals surface area contributed by atoms with E-state index in [0.717, 1.165) is 5.56 Å². The Labute approximate surface area is 186 Å². The number of carboxylic acids is 1. The van der Waals surface area contributed by atoms with Crippen molar-refractivity contribution in [1.82, 2.24) is 10.4 Å². The summed E-state index contributed by atoms with van der Waals surface area (Å²) in [6, 6.07) is 15.8. The number of aliphatic carboxylic acids is 1. The monoisotopic (exact) mass is 441 g/mol. The second-order valence-electron chi connectivity index (χ2n) is 6.75. The Bertz CT molecular complexity index is 915. The number of rotatable bonds is 12. The van der Waals surface area contributed by atoms with Crippen LogP contribution in [0.5, 0.6) is 5.75 Å². The van der Waals surface area contributed by atoms with E-state index in [1.807, 2.05) is 30.3 Å². The number of nitrogens with zero attached hydrogens (tertiary/aromatic N) is 1. The van der Waals surface area contributed by atoms with E-state index >= 15 is 0 Å². The summed E-state index contributed by atoms with van der Waals surface area (Å²) >= 11 is 0. The van der Waals surface area contributed by atoms with Crippen LogP contribution in [0.25, 0.3) is 6.08 Å². The molecular formula is C23H27N3O6. The number of nitrogens with one attached hydrogen (secondary N) is 2. The zero-order valence-electron chi connectivity index (χ0n) is 17.7. The largest absolute Gasteiger partial charge is 0.494 e. The molecule has 170 valence electrons. The fourth-order valence-electron chi connectivity index (χ4n) is 2.62. The van der Waals surface area contributed by atoms with Gasteiger partial charge in [-0.3, -0.25) is 19.6 Å². The number of amides is 2. The quantitative estimate of drug-likeness (QED) is 0.131. The Morgan fingerprint density at radius 2 is 1.78 bits per heavy atom. The van der Waals surface area contributed by atoms with Crippen molar-refractivity contribution in [2.24, 2.45) is 0 Å². The molecule has 0 aliphatic rings. The lowest BCUT2D eigenvalue weighted by atomic mass is 10.2. The van der Waals surface area contributed by atoms with E-state index in [1.54, 1.807) is 37.3 Å². The lowest BCUT2D eigenvalue weighted by Gasteiger charge is -2.23. The number of anilines is 1. The van der Waals surface area contributed by atoms with E-state index in [2.05, 4.69) is 10.6 Å². The van der Waals surface area contributed by atoms with Gasteiger partial charge in [0, 0.05) is 24.7 Å². The second-order valence-corrected chi connectivity index (χ2v) is 6.75. The average molecular weight is 441 g/mol. The summed E-state index contributed by atoms with van der Waals surface area (Å²) in [4.78, 5) is 35.3. The van der Waals surface area contributed by atoms with Gasteiger partial charge in [-0.15, -0.1) is 0 Å². The van der Waals surface area contributed by atoms with Crippen molar-refractivity contribution in [3.8, 4) is 5.75 Å². The zero-order chi connectivity index (χ0) is 23.3. The highest BCUT2D eigenvalue weighted by Crippen LogP contribution is 2.17. The average Bonchev–Trinajstić information content (AvgIpc) is 2.80. The minimum atomic E-state index is -1.20. The van der Waals surface area contributed by atoms with E-state index in [1.165, 1.54) is 6.08 Å². The fourth-order valence-corrected chi connectivity index (χ4v) is 2.62. The minimum Gasteiger partial charge on any atom is -0.494 e. The van der Waals surface area contributed by atoms with Crippen molar-refractivity contribution in [1.29, 1.82) is 0 Å². The van der Waals surface area contributed by atoms with Gasteiger partial charge in [-0.2, -0.15) is 0 Å². The molecule has 4 N–H and O–H groups in total. The molecule has 2 aromatic carbocycles. The number of likely N-dealkylation sites (N-methyl/N-ethyl adjacent to an activating group) is 1. The normalized spacial score (nSPS) is 11.6. The van der Waals surface area contributed by atoms with Gasteiger partial charge in [0.05, 0.1) is 6.61 Å². The number of carbonyl (C=O) groups excluding carboxylic acids is 2. The molecule has 0 aliphatic carbocycles. The predicted molar refractivity (Wildman–Crippen MR) is 119 cm³/mol. The first-order valence-electron chi connectivity index (χ1n) is 10.1. The van der Waals surface area contributed by atoms with E-state index in [4.69, 9.17) is 9.84 Å². The highest BCUT2D eigenvalue weighted by molar-refractivity contribution is 5.96. The van der Waals surface area contributed by atoms with E-state index < -0.39 is 23.9 Å². The Balaban J connectivity index is 2.00. The van der Waals surface area contributed by atoms with Crippen molar-refractivity contribution < 1.29 is 29.4 Å². The lowest BCUT2D eigenvalue weighted by molar-refractivity contribution is -0.166. The number of hydrogen-bond acceptors (Lipinski definition) is 6. The molecule has 1 atom stereocenters. The number of hydroxylamine groups is 2. The molecule has 0 radical (unpaired) electrons. The molecule has 0 aromatic heterocycles. The summed E-state index contributed by atoms with van der Waals surface area (Å²) < 4.78 is 5.47. The summed E-state index contributed by atoms with van der Waals surface area (Å²) in [6.45, 7) is 1.92. The maximum atomic E-state index is 12.5. The minimum absolute atomic E-state index is 0.0247. The standard InChI is InChI=1S/C23H27N3O6/c1-2-26(31)23(30)22(25-20(27)15-10-17-7-4-3-5-8-17)24-18-11-13-19(14-12-18)32-16-6-9-21(28)29/h3-5,7-8,10-15,22,24,31H,2,6,9,16H2,1H3,(H,25,27)(H,28,29). The summed E-state index contributed by atoms with van der Waals surface area (Å²) in [5.41, 5.74) is 1.34. The van der Waals surface area contributed by atoms with E-state index in [0.29, 0.717) is 22.9 Å². The lowest BCUT2D eigenvalue weighted by Crippen LogP contribution is -2.51. The van der Waals surface area contributed by atoms with Gasteiger partial charge in [-0.1, -0.05) is 30.3 Å². The third-order valence-corrected chi connectivity index (χ3v) is 4.28. The third kappa shape index (κ3) is 8.49. The first-order valence-corrected chi connectivity index (χ1v) is 10.1. The van der Waals surface area contributed by atoms with Crippen LogP contribution in [0.3, 0.4) is 0 Å². The molecule has 9 nitrogen and oxygen atoms in total.